The van der Waals surface area contributed by atoms with E-state index in [1.54, 1.807) is 14.0 Å². The number of thioether (sulfide) groups is 1. The Kier molecular flexibility index (Phi) is 7.00. The van der Waals surface area contributed by atoms with Gasteiger partial charge in [0.2, 0.25) is 5.12 Å². The molecule has 0 saturated heterocycles. The molecule has 0 rings (SSSR count). The highest BCUT2D eigenvalue weighted by molar-refractivity contribution is 8.14. The number of methoxy groups -OCH3 is 1. The van der Waals surface area contributed by atoms with Crippen LogP contribution in [0.1, 0.15) is 33.1 Å². The fraction of sp³-hybridized carbons (Fsp3) is 0.700. The molecule has 1 unspecified atom stereocenters. The lowest BCUT2D eigenvalue weighted by atomic mass is 10.3. The molecule has 0 aromatic carbocycles. The van der Waals surface area contributed by atoms with Crippen LogP contribution in [0.3, 0.4) is 0 Å². The van der Waals surface area contributed by atoms with Gasteiger partial charge in [0.25, 0.3) is 0 Å². The number of hydrogen-bond acceptors (Lipinski definition) is 3. The first-order chi connectivity index (χ1) is 6.11. The summed E-state index contributed by atoms with van der Waals surface area (Å²) in [4.78, 5) is 11.3. The minimum Gasteiger partial charge on any atom is -0.370 e. The van der Waals surface area contributed by atoms with E-state index in [0.717, 1.165) is 19.3 Å². The second kappa shape index (κ2) is 7.15. The summed E-state index contributed by atoms with van der Waals surface area (Å²) < 4.78 is 5.17. The van der Waals surface area contributed by atoms with E-state index in [1.165, 1.54) is 11.8 Å². The van der Waals surface area contributed by atoms with Gasteiger partial charge in [0.1, 0.15) is 5.44 Å². The Bertz CT molecular complexity index is 178. The Morgan fingerprint density at radius 2 is 2.23 bits per heavy atom. The fourth-order valence-electron chi connectivity index (χ4n) is 0.816. The molecule has 2 nitrogen and oxygen atoms in total. The van der Waals surface area contributed by atoms with E-state index in [-0.39, 0.29) is 10.6 Å². The van der Waals surface area contributed by atoms with Crippen molar-refractivity contribution in [3.63, 3.8) is 0 Å². The van der Waals surface area contributed by atoms with E-state index in [9.17, 15) is 4.79 Å². The summed E-state index contributed by atoms with van der Waals surface area (Å²) >= 11 is 1.23. The summed E-state index contributed by atoms with van der Waals surface area (Å²) in [6.07, 6.45) is 3.15. The van der Waals surface area contributed by atoms with E-state index >= 15 is 0 Å². The predicted octanol–water partition coefficient (Wildman–Crippen LogP) is 2.99. The second-order valence-electron chi connectivity index (χ2n) is 2.99. The Labute approximate surface area is 84.7 Å². The van der Waals surface area contributed by atoms with Gasteiger partial charge in [-0.25, -0.2) is 0 Å². The van der Waals surface area contributed by atoms with Crippen LogP contribution in [-0.4, -0.2) is 17.7 Å². The van der Waals surface area contributed by atoms with Crippen LogP contribution < -0.4 is 0 Å². The van der Waals surface area contributed by atoms with Crippen molar-refractivity contribution in [3.05, 3.63) is 12.2 Å². The van der Waals surface area contributed by atoms with Crippen LogP contribution in [0, 0.1) is 0 Å². The van der Waals surface area contributed by atoms with Crippen molar-refractivity contribution in [2.24, 2.45) is 0 Å². The molecule has 0 radical (unpaired) electrons. The zero-order chi connectivity index (χ0) is 10.3. The normalized spacial score (nSPS) is 12.5. The summed E-state index contributed by atoms with van der Waals surface area (Å²) in [5.41, 5.74) is 0.577. The molecule has 0 saturated carbocycles. The summed E-state index contributed by atoms with van der Waals surface area (Å²) in [5.74, 6) is 0. The lowest BCUT2D eigenvalue weighted by Gasteiger charge is -2.12. The molecule has 0 aliphatic heterocycles. The van der Waals surface area contributed by atoms with Gasteiger partial charge in [-0.1, -0.05) is 38.1 Å². The SMILES string of the molecule is C=C(C)C(=O)SC(CCCC)OC. The van der Waals surface area contributed by atoms with Crippen LogP contribution in [0.25, 0.3) is 0 Å². The number of unbranched alkanes of at least 4 members (excludes halogenated alkanes) is 1. The maximum atomic E-state index is 11.3. The van der Waals surface area contributed by atoms with Gasteiger partial charge in [0.15, 0.2) is 0 Å². The van der Waals surface area contributed by atoms with E-state index in [2.05, 4.69) is 13.5 Å². The number of carbonyl (C=O) groups is 1. The monoisotopic (exact) mass is 202 g/mol. The third-order valence-corrected chi connectivity index (χ3v) is 2.90. The molecule has 0 heterocycles. The van der Waals surface area contributed by atoms with Gasteiger partial charge >= 0.3 is 0 Å². The minimum atomic E-state index is -0.0100. The van der Waals surface area contributed by atoms with Gasteiger partial charge in [-0.05, 0) is 18.9 Å². The molecule has 0 fully saturated rings. The topological polar surface area (TPSA) is 26.3 Å². The van der Waals surface area contributed by atoms with Gasteiger partial charge in [-0.2, -0.15) is 0 Å². The quantitative estimate of drug-likeness (QED) is 0.489. The van der Waals surface area contributed by atoms with Crippen molar-refractivity contribution in [3.8, 4) is 0 Å². The molecule has 0 aromatic rings. The molecule has 0 aliphatic rings. The van der Waals surface area contributed by atoms with Crippen molar-refractivity contribution in [2.75, 3.05) is 7.11 Å². The fourth-order valence-corrected chi connectivity index (χ4v) is 1.64. The van der Waals surface area contributed by atoms with Gasteiger partial charge in [0, 0.05) is 7.11 Å². The van der Waals surface area contributed by atoms with Crippen molar-refractivity contribution in [1.29, 1.82) is 0 Å². The van der Waals surface area contributed by atoms with Gasteiger partial charge in [-0.15, -0.1) is 0 Å². The lowest BCUT2D eigenvalue weighted by molar-refractivity contribution is -0.108. The third-order valence-electron chi connectivity index (χ3n) is 1.64. The number of ether oxygens (including phenoxy) is 1. The van der Waals surface area contributed by atoms with Crippen LogP contribution in [0.15, 0.2) is 12.2 Å². The number of hydrogen-bond donors (Lipinski definition) is 0. The molecule has 0 spiro atoms. The standard InChI is InChI=1S/C10H18O2S/c1-5-6-7-9(12-4)13-10(11)8(2)3/h9H,2,5-7H2,1,3-4H3. The van der Waals surface area contributed by atoms with E-state index in [0.29, 0.717) is 5.57 Å². The largest absolute Gasteiger partial charge is 0.370 e. The minimum absolute atomic E-state index is 0.0100. The van der Waals surface area contributed by atoms with E-state index < -0.39 is 0 Å². The smallest absolute Gasteiger partial charge is 0.216 e. The highest BCUT2D eigenvalue weighted by atomic mass is 32.2. The average molecular weight is 202 g/mol. The molecule has 0 amide bonds. The average Bonchev–Trinajstić information content (AvgIpc) is 2.11. The molecule has 1 atom stereocenters. The van der Waals surface area contributed by atoms with Crippen LogP contribution in [0.5, 0.6) is 0 Å². The summed E-state index contributed by atoms with van der Waals surface area (Å²) in [5, 5.41) is 0.0305. The summed E-state index contributed by atoms with van der Waals surface area (Å²) in [7, 11) is 1.64. The summed E-state index contributed by atoms with van der Waals surface area (Å²) in [6, 6.07) is 0. The maximum absolute atomic E-state index is 11.3. The van der Waals surface area contributed by atoms with Crippen LogP contribution in [-0.2, 0) is 9.53 Å². The van der Waals surface area contributed by atoms with Crippen LogP contribution in [0.2, 0.25) is 0 Å². The predicted molar refractivity (Wildman–Crippen MR) is 57.7 cm³/mol. The zero-order valence-electron chi connectivity index (χ0n) is 8.63. The Morgan fingerprint density at radius 1 is 1.62 bits per heavy atom. The molecule has 0 bridgehead atoms. The van der Waals surface area contributed by atoms with Gasteiger partial charge in [0.05, 0.1) is 0 Å². The van der Waals surface area contributed by atoms with Crippen molar-refractivity contribution in [1.82, 2.24) is 0 Å². The molecular weight excluding hydrogens is 184 g/mol. The van der Waals surface area contributed by atoms with Crippen LogP contribution >= 0.6 is 11.8 Å². The van der Waals surface area contributed by atoms with Crippen molar-refractivity contribution >= 4 is 16.9 Å². The van der Waals surface area contributed by atoms with Crippen molar-refractivity contribution < 1.29 is 9.53 Å². The van der Waals surface area contributed by atoms with E-state index in [4.69, 9.17) is 4.74 Å². The first-order valence-corrected chi connectivity index (χ1v) is 5.39. The van der Waals surface area contributed by atoms with Crippen LogP contribution in [0.4, 0.5) is 0 Å². The molecule has 3 heteroatoms. The molecule has 0 N–H and O–H groups in total. The van der Waals surface area contributed by atoms with E-state index in [1.807, 2.05) is 0 Å². The molecule has 13 heavy (non-hydrogen) atoms. The number of rotatable bonds is 6. The highest BCUT2D eigenvalue weighted by Crippen LogP contribution is 2.21. The van der Waals surface area contributed by atoms with Gasteiger partial charge in [-0.3, -0.25) is 4.79 Å². The molecule has 0 aliphatic carbocycles. The molecule has 76 valence electrons. The second-order valence-corrected chi connectivity index (χ2v) is 4.13. The highest BCUT2D eigenvalue weighted by Gasteiger charge is 2.13. The molecule has 0 aromatic heterocycles. The Balaban J connectivity index is 3.83. The summed E-state index contributed by atoms with van der Waals surface area (Å²) in [6.45, 7) is 7.44. The van der Waals surface area contributed by atoms with Gasteiger partial charge < -0.3 is 4.74 Å². The molecular formula is C10H18O2S. The number of carbonyl (C=O) groups excluding carboxylic acids is 1. The Morgan fingerprint density at radius 3 is 2.62 bits per heavy atom. The van der Waals surface area contributed by atoms with Crippen molar-refractivity contribution in [2.45, 2.75) is 38.5 Å². The lowest BCUT2D eigenvalue weighted by Crippen LogP contribution is -2.09. The maximum Gasteiger partial charge on any atom is 0.216 e. The first kappa shape index (κ1) is 12.7. The third kappa shape index (κ3) is 5.88. The first-order valence-electron chi connectivity index (χ1n) is 4.51. The Hall–Kier alpha value is -0.280. The zero-order valence-corrected chi connectivity index (χ0v) is 9.45.